The summed E-state index contributed by atoms with van der Waals surface area (Å²) in [4.78, 5) is 10.9. The minimum atomic E-state index is -0.952. The summed E-state index contributed by atoms with van der Waals surface area (Å²) >= 11 is 0. The molecular formula is C16H16N2O2. The Bertz CT molecular complexity index is 663. The van der Waals surface area contributed by atoms with Crippen LogP contribution in [-0.2, 0) is 0 Å². The Morgan fingerprint density at radius 3 is 2.75 bits per heavy atom. The van der Waals surface area contributed by atoms with Gasteiger partial charge >= 0.3 is 5.97 Å². The fourth-order valence-corrected chi connectivity index (χ4v) is 1.80. The second-order valence-corrected chi connectivity index (χ2v) is 4.62. The number of benzene rings is 2. The van der Waals surface area contributed by atoms with Crippen molar-refractivity contribution in [1.29, 1.82) is 0 Å². The number of rotatable bonds is 4. The van der Waals surface area contributed by atoms with Crippen molar-refractivity contribution in [2.45, 2.75) is 13.8 Å². The molecule has 102 valence electrons. The number of anilines is 1. The molecule has 4 nitrogen and oxygen atoms in total. The van der Waals surface area contributed by atoms with E-state index in [0.29, 0.717) is 5.69 Å². The van der Waals surface area contributed by atoms with E-state index < -0.39 is 5.97 Å². The molecule has 0 heterocycles. The largest absolute Gasteiger partial charge is 0.478 e. The lowest BCUT2D eigenvalue weighted by Crippen LogP contribution is -1.98. The highest BCUT2D eigenvalue weighted by atomic mass is 16.4. The first kappa shape index (κ1) is 13.8. The summed E-state index contributed by atoms with van der Waals surface area (Å²) in [6.07, 6.45) is 1.73. The molecule has 0 atom stereocenters. The van der Waals surface area contributed by atoms with Gasteiger partial charge in [0.2, 0.25) is 0 Å². The number of aryl methyl sites for hydroxylation is 2. The number of hydrogen-bond acceptors (Lipinski definition) is 3. The number of nitrogens with one attached hydrogen (secondary N) is 1. The van der Waals surface area contributed by atoms with E-state index in [2.05, 4.69) is 16.6 Å². The number of carboxylic acids is 1. The average Bonchev–Trinajstić information content (AvgIpc) is 2.43. The lowest BCUT2D eigenvalue weighted by Gasteiger charge is -2.03. The zero-order valence-electron chi connectivity index (χ0n) is 11.4. The SMILES string of the molecule is Cc1ccc(C)c(/C=N\Nc2cccc(C(=O)O)c2)c1. The summed E-state index contributed by atoms with van der Waals surface area (Å²) < 4.78 is 0. The predicted molar refractivity (Wildman–Crippen MR) is 80.5 cm³/mol. The molecule has 0 bridgehead atoms. The Morgan fingerprint density at radius 2 is 2.00 bits per heavy atom. The molecule has 4 heteroatoms. The van der Waals surface area contributed by atoms with Gasteiger partial charge in [0.15, 0.2) is 0 Å². The van der Waals surface area contributed by atoms with Crippen molar-refractivity contribution in [1.82, 2.24) is 0 Å². The summed E-state index contributed by atoms with van der Waals surface area (Å²) in [5.74, 6) is -0.952. The van der Waals surface area contributed by atoms with Crippen LogP contribution < -0.4 is 5.43 Å². The van der Waals surface area contributed by atoms with Gasteiger partial charge in [0, 0.05) is 0 Å². The predicted octanol–water partition coefficient (Wildman–Crippen LogP) is 3.45. The molecule has 20 heavy (non-hydrogen) atoms. The third-order valence-electron chi connectivity index (χ3n) is 2.94. The van der Waals surface area contributed by atoms with Gasteiger partial charge in [-0.2, -0.15) is 5.10 Å². The van der Waals surface area contributed by atoms with Crippen molar-refractivity contribution in [3.63, 3.8) is 0 Å². The van der Waals surface area contributed by atoms with Crippen molar-refractivity contribution in [3.8, 4) is 0 Å². The summed E-state index contributed by atoms with van der Waals surface area (Å²) in [7, 11) is 0. The quantitative estimate of drug-likeness (QED) is 0.659. The normalized spacial score (nSPS) is 10.7. The first-order valence-electron chi connectivity index (χ1n) is 6.26. The number of carbonyl (C=O) groups is 1. The average molecular weight is 268 g/mol. The molecule has 0 aliphatic carbocycles. The third-order valence-corrected chi connectivity index (χ3v) is 2.94. The maximum absolute atomic E-state index is 10.9. The van der Waals surface area contributed by atoms with Crippen molar-refractivity contribution >= 4 is 17.9 Å². The van der Waals surface area contributed by atoms with Crippen LogP contribution in [0.3, 0.4) is 0 Å². The van der Waals surface area contributed by atoms with Gasteiger partial charge in [-0.15, -0.1) is 0 Å². The molecule has 0 amide bonds. The van der Waals surface area contributed by atoms with Crippen molar-refractivity contribution in [3.05, 3.63) is 64.7 Å². The van der Waals surface area contributed by atoms with Crippen LogP contribution in [0.15, 0.2) is 47.6 Å². The molecule has 2 N–H and O–H groups in total. The Hall–Kier alpha value is -2.62. The maximum atomic E-state index is 10.9. The fraction of sp³-hybridized carbons (Fsp3) is 0.125. The van der Waals surface area contributed by atoms with Gasteiger partial charge in [-0.05, 0) is 43.2 Å². The minimum absolute atomic E-state index is 0.233. The molecule has 0 unspecified atom stereocenters. The lowest BCUT2D eigenvalue weighted by atomic mass is 10.1. The van der Waals surface area contributed by atoms with Crippen LogP contribution in [0.25, 0.3) is 0 Å². The zero-order valence-corrected chi connectivity index (χ0v) is 11.4. The van der Waals surface area contributed by atoms with Crippen LogP contribution in [0, 0.1) is 13.8 Å². The van der Waals surface area contributed by atoms with Crippen LogP contribution in [0.1, 0.15) is 27.0 Å². The van der Waals surface area contributed by atoms with Crippen molar-refractivity contribution in [2.24, 2.45) is 5.10 Å². The minimum Gasteiger partial charge on any atom is -0.478 e. The van der Waals surface area contributed by atoms with Gasteiger partial charge in [-0.1, -0.05) is 29.8 Å². The molecule has 0 saturated carbocycles. The standard InChI is InChI=1S/C16H16N2O2/c1-11-6-7-12(2)14(8-11)10-17-18-15-5-3-4-13(9-15)16(19)20/h3-10,18H,1-2H3,(H,19,20)/b17-10-. The second kappa shape index (κ2) is 6.02. The topological polar surface area (TPSA) is 61.7 Å². The van der Waals surface area contributed by atoms with Crippen molar-refractivity contribution < 1.29 is 9.90 Å². The zero-order chi connectivity index (χ0) is 14.5. The molecule has 0 aliphatic heterocycles. The van der Waals surface area contributed by atoms with Crippen LogP contribution in [0.5, 0.6) is 0 Å². The van der Waals surface area contributed by atoms with E-state index in [9.17, 15) is 4.79 Å². The highest BCUT2D eigenvalue weighted by molar-refractivity contribution is 5.89. The molecule has 0 saturated heterocycles. The molecule has 2 rings (SSSR count). The van der Waals surface area contributed by atoms with Gasteiger partial charge < -0.3 is 5.11 Å². The Kier molecular flexibility index (Phi) is 4.15. The number of nitrogens with zero attached hydrogens (tertiary/aromatic N) is 1. The number of hydrogen-bond donors (Lipinski definition) is 2. The summed E-state index contributed by atoms with van der Waals surface area (Å²) in [6, 6.07) is 12.7. The van der Waals surface area contributed by atoms with E-state index in [1.165, 1.54) is 5.56 Å². The van der Waals surface area contributed by atoms with Crippen LogP contribution >= 0.6 is 0 Å². The molecule has 0 aromatic heterocycles. The van der Waals surface area contributed by atoms with E-state index in [0.717, 1.165) is 11.1 Å². The van der Waals surface area contributed by atoms with E-state index in [-0.39, 0.29) is 5.56 Å². The van der Waals surface area contributed by atoms with E-state index in [4.69, 9.17) is 5.11 Å². The highest BCUT2D eigenvalue weighted by Gasteiger charge is 2.02. The monoisotopic (exact) mass is 268 g/mol. The summed E-state index contributed by atoms with van der Waals surface area (Å²) in [6.45, 7) is 4.05. The molecule has 0 spiro atoms. The molecule has 2 aromatic rings. The van der Waals surface area contributed by atoms with E-state index >= 15 is 0 Å². The molecule has 0 fully saturated rings. The van der Waals surface area contributed by atoms with Gasteiger partial charge in [0.25, 0.3) is 0 Å². The third kappa shape index (κ3) is 3.45. The molecular weight excluding hydrogens is 252 g/mol. The maximum Gasteiger partial charge on any atom is 0.335 e. The van der Waals surface area contributed by atoms with Gasteiger partial charge in [-0.25, -0.2) is 4.79 Å². The molecule has 2 aromatic carbocycles. The Morgan fingerprint density at radius 1 is 1.20 bits per heavy atom. The van der Waals surface area contributed by atoms with Gasteiger partial charge in [0.1, 0.15) is 0 Å². The van der Waals surface area contributed by atoms with E-state index in [1.807, 2.05) is 26.0 Å². The summed E-state index contributed by atoms with van der Waals surface area (Å²) in [5.41, 5.74) is 7.06. The first-order valence-corrected chi connectivity index (χ1v) is 6.26. The second-order valence-electron chi connectivity index (χ2n) is 4.62. The van der Waals surface area contributed by atoms with Gasteiger partial charge in [-0.3, -0.25) is 5.43 Å². The Labute approximate surface area is 117 Å². The van der Waals surface area contributed by atoms with E-state index in [1.54, 1.807) is 30.5 Å². The summed E-state index contributed by atoms with van der Waals surface area (Å²) in [5, 5.41) is 13.1. The lowest BCUT2D eigenvalue weighted by molar-refractivity contribution is 0.0697. The molecule has 0 aliphatic rings. The Balaban J connectivity index is 2.12. The van der Waals surface area contributed by atoms with Crippen LogP contribution in [0.4, 0.5) is 5.69 Å². The van der Waals surface area contributed by atoms with Gasteiger partial charge in [0.05, 0.1) is 17.5 Å². The fourth-order valence-electron chi connectivity index (χ4n) is 1.80. The number of hydrazone groups is 1. The van der Waals surface area contributed by atoms with Crippen LogP contribution in [0.2, 0.25) is 0 Å². The van der Waals surface area contributed by atoms with Crippen molar-refractivity contribution in [2.75, 3.05) is 5.43 Å². The highest BCUT2D eigenvalue weighted by Crippen LogP contribution is 2.11. The van der Waals surface area contributed by atoms with Crippen LogP contribution in [-0.4, -0.2) is 17.3 Å². The smallest absolute Gasteiger partial charge is 0.335 e. The molecule has 0 radical (unpaired) electrons. The number of aromatic carboxylic acids is 1. The first-order chi connectivity index (χ1) is 9.56. The number of carboxylic acid groups (broad SMARTS) is 1.